The Kier molecular flexibility index (Phi) is 5.36. The number of ether oxygens (including phenoxy) is 1. The number of phenols is 1. The lowest BCUT2D eigenvalue weighted by Crippen LogP contribution is -2.36. The first-order valence-corrected chi connectivity index (χ1v) is 8.49. The van der Waals surface area contributed by atoms with Crippen LogP contribution in [0.25, 0.3) is 0 Å². The highest BCUT2D eigenvalue weighted by atomic mass is 16.5. The number of aromatic hydroxyl groups is 1. The fraction of sp³-hybridized carbons (Fsp3) is 0.350. The van der Waals surface area contributed by atoms with E-state index in [1.807, 2.05) is 35.2 Å². The van der Waals surface area contributed by atoms with Crippen LogP contribution in [0.3, 0.4) is 0 Å². The average Bonchev–Trinajstić information content (AvgIpc) is 2.62. The number of nitrogens with zero attached hydrogens (tertiary/aromatic N) is 1. The van der Waals surface area contributed by atoms with Crippen LogP contribution in [0.2, 0.25) is 0 Å². The molecule has 3 rings (SSSR count). The van der Waals surface area contributed by atoms with Crippen molar-refractivity contribution in [3.8, 4) is 11.5 Å². The normalized spacial score (nSPS) is 14.4. The molecule has 2 aromatic rings. The second-order valence-corrected chi connectivity index (χ2v) is 6.18. The van der Waals surface area contributed by atoms with Gasteiger partial charge in [0.05, 0.1) is 6.42 Å². The molecule has 0 bridgehead atoms. The van der Waals surface area contributed by atoms with Crippen molar-refractivity contribution in [1.82, 2.24) is 4.90 Å². The van der Waals surface area contributed by atoms with Crippen molar-refractivity contribution in [2.75, 3.05) is 13.1 Å². The predicted octanol–water partition coefficient (Wildman–Crippen LogP) is 3.53. The first-order chi connectivity index (χ1) is 11.7. The Morgan fingerprint density at radius 3 is 2.54 bits per heavy atom. The van der Waals surface area contributed by atoms with Crippen molar-refractivity contribution >= 4 is 5.91 Å². The first kappa shape index (κ1) is 16.4. The Morgan fingerprint density at radius 2 is 1.79 bits per heavy atom. The van der Waals surface area contributed by atoms with Crippen LogP contribution < -0.4 is 4.74 Å². The second-order valence-electron chi connectivity index (χ2n) is 6.18. The highest BCUT2D eigenvalue weighted by Gasteiger charge is 2.18. The maximum Gasteiger partial charge on any atom is 0.227 e. The van der Waals surface area contributed by atoms with Gasteiger partial charge in [-0.3, -0.25) is 4.79 Å². The molecular formula is C20H23NO3. The number of benzene rings is 2. The molecule has 4 nitrogen and oxygen atoms in total. The van der Waals surface area contributed by atoms with Crippen LogP contribution in [0.15, 0.2) is 48.5 Å². The molecule has 2 aromatic carbocycles. The van der Waals surface area contributed by atoms with Crippen LogP contribution >= 0.6 is 0 Å². The van der Waals surface area contributed by atoms with Crippen molar-refractivity contribution in [1.29, 1.82) is 0 Å². The monoisotopic (exact) mass is 325 g/mol. The molecule has 1 saturated heterocycles. The van der Waals surface area contributed by atoms with Crippen LogP contribution in [0.4, 0.5) is 0 Å². The van der Waals surface area contributed by atoms with E-state index in [4.69, 9.17) is 4.74 Å². The molecule has 1 aliphatic rings. The van der Waals surface area contributed by atoms with Crippen molar-refractivity contribution in [2.45, 2.75) is 32.3 Å². The SMILES string of the molecule is O=C(Cc1cc(O)ccc1OCc1ccccc1)N1CCCCC1. The molecule has 0 saturated carbocycles. The molecule has 0 unspecified atom stereocenters. The van der Waals surface area contributed by atoms with Gasteiger partial charge in [-0.1, -0.05) is 30.3 Å². The van der Waals surface area contributed by atoms with Gasteiger partial charge in [-0.25, -0.2) is 0 Å². The molecule has 0 radical (unpaired) electrons. The maximum absolute atomic E-state index is 12.5. The zero-order chi connectivity index (χ0) is 16.8. The summed E-state index contributed by atoms with van der Waals surface area (Å²) in [4.78, 5) is 14.4. The molecule has 1 fully saturated rings. The molecule has 0 spiro atoms. The lowest BCUT2D eigenvalue weighted by molar-refractivity contribution is -0.131. The van der Waals surface area contributed by atoms with Crippen molar-refractivity contribution in [3.05, 3.63) is 59.7 Å². The predicted molar refractivity (Wildman–Crippen MR) is 93.0 cm³/mol. The molecule has 1 heterocycles. The summed E-state index contributed by atoms with van der Waals surface area (Å²) in [7, 11) is 0. The minimum absolute atomic E-state index is 0.102. The van der Waals surface area contributed by atoms with Crippen LogP contribution in [0.5, 0.6) is 11.5 Å². The smallest absolute Gasteiger partial charge is 0.227 e. The van der Waals surface area contributed by atoms with Gasteiger partial charge < -0.3 is 14.7 Å². The molecule has 0 atom stereocenters. The van der Waals surface area contributed by atoms with Crippen molar-refractivity contribution in [3.63, 3.8) is 0 Å². The molecule has 1 amide bonds. The molecule has 4 heteroatoms. The van der Waals surface area contributed by atoms with Crippen LogP contribution in [0.1, 0.15) is 30.4 Å². The number of carbonyl (C=O) groups excluding carboxylic acids is 1. The lowest BCUT2D eigenvalue weighted by atomic mass is 10.1. The molecule has 0 aliphatic carbocycles. The topological polar surface area (TPSA) is 49.8 Å². The zero-order valence-corrected chi connectivity index (χ0v) is 13.8. The number of piperidine rings is 1. The van der Waals surface area contributed by atoms with E-state index < -0.39 is 0 Å². The number of rotatable bonds is 5. The van der Waals surface area contributed by atoms with Gasteiger partial charge in [-0.05, 0) is 43.0 Å². The fourth-order valence-corrected chi connectivity index (χ4v) is 3.00. The van der Waals surface area contributed by atoms with Gasteiger partial charge in [0.15, 0.2) is 0 Å². The number of amides is 1. The molecular weight excluding hydrogens is 302 g/mol. The lowest BCUT2D eigenvalue weighted by Gasteiger charge is -2.27. The van der Waals surface area contributed by atoms with Gasteiger partial charge in [0.25, 0.3) is 0 Å². The van der Waals surface area contributed by atoms with E-state index in [9.17, 15) is 9.90 Å². The van der Waals surface area contributed by atoms with E-state index in [2.05, 4.69) is 0 Å². The van der Waals surface area contributed by atoms with Gasteiger partial charge in [0, 0.05) is 18.7 Å². The summed E-state index contributed by atoms with van der Waals surface area (Å²) in [5.74, 6) is 0.912. The summed E-state index contributed by atoms with van der Waals surface area (Å²) < 4.78 is 5.88. The second kappa shape index (κ2) is 7.86. The number of carbonyl (C=O) groups is 1. The van der Waals surface area contributed by atoms with E-state index in [0.29, 0.717) is 12.4 Å². The van der Waals surface area contributed by atoms with E-state index in [-0.39, 0.29) is 18.1 Å². The Bertz CT molecular complexity index is 679. The number of hydrogen-bond acceptors (Lipinski definition) is 3. The third kappa shape index (κ3) is 4.28. The Morgan fingerprint density at radius 1 is 1.04 bits per heavy atom. The minimum atomic E-state index is 0.102. The van der Waals surface area contributed by atoms with Crippen molar-refractivity contribution < 1.29 is 14.6 Å². The number of hydrogen-bond donors (Lipinski definition) is 1. The van der Waals surface area contributed by atoms with Crippen LogP contribution in [-0.2, 0) is 17.8 Å². The number of phenolic OH excluding ortho intramolecular Hbond substituents is 1. The number of likely N-dealkylation sites (tertiary alicyclic amines) is 1. The molecule has 0 aromatic heterocycles. The van der Waals surface area contributed by atoms with E-state index in [0.717, 1.165) is 37.1 Å². The zero-order valence-electron chi connectivity index (χ0n) is 13.8. The summed E-state index contributed by atoms with van der Waals surface area (Å²) in [6.07, 6.45) is 3.60. The van der Waals surface area contributed by atoms with Gasteiger partial charge >= 0.3 is 0 Å². The molecule has 1 N–H and O–H groups in total. The third-order valence-corrected chi connectivity index (χ3v) is 4.33. The molecule has 126 valence electrons. The Hall–Kier alpha value is -2.49. The summed E-state index contributed by atoms with van der Waals surface area (Å²) in [6.45, 7) is 2.10. The molecule has 24 heavy (non-hydrogen) atoms. The highest BCUT2D eigenvalue weighted by molar-refractivity contribution is 5.79. The van der Waals surface area contributed by atoms with Gasteiger partial charge in [-0.15, -0.1) is 0 Å². The van der Waals surface area contributed by atoms with E-state index in [1.54, 1.807) is 18.2 Å². The highest BCUT2D eigenvalue weighted by Crippen LogP contribution is 2.26. The summed E-state index contributed by atoms with van der Waals surface area (Å²) in [6, 6.07) is 14.9. The van der Waals surface area contributed by atoms with Crippen LogP contribution in [0, 0.1) is 0 Å². The van der Waals surface area contributed by atoms with Gasteiger partial charge in [0.1, 0.15) is 18.1 Å². The largest absolute Gasteiger partial charge is 0.508 e. The van der Waals surface area contributed by atoms with E-state index in [1.165, 1.54) is 6.42 Å². The Balaban J connectivity index is 1.69. The van der Waals surface area contributed by atoms with Crippen LogP contribution in [-0.4, -0.2) is 29.0 Å². The standard InChI is InChI=1S/C20H23NO3/c22-18-9-10-19(24-15-16-7-3-1-4-8-16)17(13-18)14-20(23)21-11-5-2-6-12-21/h1,3-4,7-10,13,22H,2,5-6,11-12,14-15H2. The van der Waals surface area contributed by atoms with E-state index >= 15 is 0 Å². The molecule has 1 aliphatic heterocycles. The summed E-state index contributed by atoms with van der Waals surface area (Å²) in [5.41, 5.74) is 1.81. The summed E-state index contributed by atoms with van der Waals surface area (Å²) >= 11 is 0. The van der Waals surface area contributed by atoms with Gasteiger partial charge in [0.2, 0.25) is 5.91 Å². The third-order valence-electron chi connectivity index (χ3n) is 4.33. The maximum atomic E-state index is 12.5. The average molecular weight is 325 g/mol. The Labute approximate surface area is 142 Å². The quantitative estimate of drug-likeness (QED) is 0.915. The fourth-order valence-electron chi connectivity index (χ4n) is 3.00. The van der Waals surface area contributed by atoms with Gasteiger partial charge in [-0.2, -0.15) is 0 Å². The van der Waals surface area contributed by atoms with Crippen molar-refractivity contribution in [2.24, 2.45) is 0 Å². The minimum Gasteiger partial charge on any atom is -0.508 e. The summed E-state index contributed by atoms with van der Waals surface area (Å²) in [5, 5.41) is 9.77. The first-order valence-electron chi connectivity index (χ1n) is 8.49.